The zero-order valence-corrected chi connectivity index (χ0v) is 9.85. The van der Waals surface area contributed by atoms with Crippen molar-refractivity contribution >= 4 is 11.7 Å². The predicted molar refractivity (Wildman–Crippen MR) is 65.4 cm³/mol. The molecule has 2 rings (SSSR count). The van der Waals surface area contributed by atoms with Crippen molar-refractivity contribution < 1.29 is 14.6 Å². The number of anilines is 1. The van der Waals surface area contributed by atoms with Crippen LogP contribution in [-0.4, -0.2) is 24.2 Å². The van der Waals surface area contributed by atoms with Gasteiger partial charge in [0.2, 0.25) is 0 Å². The third-order valence-electron chi connectivity index (χ3n) is 2.99. The smallest absolute Gasteiger partial charge is 0.326 e. The fourth-order valence-corrected chi connectivity index (χ4v) is 1.80. The van der Waals surface area contributed by atoms with E-state index in [9.17, 15) is 4.79 Å². The highest BCUT2D eigenvalue weighted by molar-refractivity contribution is 5.77. The van der Waals surface area contributed by atoms with Crippen LogP contribution in [0, 0.1) is 5.92 Å². The molecule has 1 aliphatic carbocycles. The van der Waals surface area contributed by atoms with E-state index < -0.39 is 12.0 Å². The Kier molecular flexibility index (Phi) is 3.52. The summed E-state index contributed by atoms with van der Waals surface area (Å²) in [5.74, 6) is 0.569. The second kappa shape index (κ2) is 5.08. The molecule has 2 N–H and O–H groups in total. The first kappa shape index (κ1) is 11.8. The molecule has 0 amide bonds. The summed E-state index contributed by atoms with van der Waals surface area (Å²) >= 11 is 0. The van der Waals surface area contributed by atoms with Gasteiger partial charge in [0.15, 0.2) is 0 Å². The molecule has 4 heteroatoms. The van der Waals surface area contributed by atoms with Crippen LogP contribution < -0.4 is 10.1 Å². The molecule has 1 fully saturated rings. The lowest BCUT2D eigenvalue weighted by Gasteiger charge is -2.15. The molecule has 0 saturated heterocycles. The number of rotatable bonds is 6. The first-order chi connectivity index (χ1) is 8.19. The van der Waals surface area contributed by atoms with E-state index in [4.69, 9.17) is 9.84 Å². The number of benzene rings is 1. The highest BCUT2D eigenvalue weighted by atomic mass is 16.5. The zero-order valence-electron chi connectivity index (χ0n) is 9.85. The molecule has 92 valence electrons. The van der Waals surface area contributed by atoms with Crippen molar-refractivity contribution in [1.82, 2.24) is 0 Å². The molecule has 0 spiro atoms. The number of nitrogens with one attached hydrogen (secondary N) is 1. The van der Waals surface area contributed by atoms with Gasteiger partial charge in [-0.1, -0.05) is 12.8 Å². The van der Waals surface area contributed by atoms with Gasteiger partial charge in [-0.3, -0.25) is 0 Å². The van der Waals surface area contributed by atoms with Crippen LogP contribution in [0.4, 0.5) is 5.69 Å². The van der Waals surface area contributed by atoms with Gasteiger partial charge in [-0.2, -0.15) is 0 Å². The second-order valence-corrected chi connectivity index (χ2v) is 4.44. The van der Waals surface area contributed by atoms with E-state index in [1.165, 1.54) is 0 Å². The molecule has 17 heavy (non-hydrogen) atoms. The quantitative estimate of drug-likeness (QED) is 0.794. The standard InChI is InChI=1S/C13H17NO3/c1-17-11-6-4-10(5-7-11)14-12(13(15)16)8-9-2-3-9/h4-7,9,12,14H,2-3,8H2,1H3,(H,15,16)/t12-/m1/s1. The Bertz CT molecular complexity index is 384. The van der Waals surface area contributed by atoms with Gasteiger partial charge in [0.05, 0.1) is 7.11 Å². The molecule has 1 aliphatic rings. The Balaban J connectivity index is 1.97. The number of carboxylic acid groups (broad SMARTS) is 1. The van der Waals surface area contributed by atoms with E-state index in [0.29, 0.717) is 12.3 Å². The summed E-state index contributed by atoms with van der Waals surface area (Å²) in [7, 11) is 1.61. The molecule has 0 radical (unpaired) electrons. The summed E-state index contributed by atoms with van der Waals surface area (Å²) < 4.78 is 5.05. The third kappa shape index (κ3) is 3.37. The summed E-state index contributed by atoms with van der Waals surface area (Å²) in [4.78, 5) is 11.1. The van der Waals surface area contributed by atoms with E-state index in [1.54, 1.807) is 7.11 Å². The highest BCUT2D eigenvalue weighted by Crippen LogP contribution is 2.34. The van der Waals surface area contributed by atoms with Crippen molar-refractivity contribution in [2.75, 3.05) is 12.4 Å². The summed E-state index contributed by atoms with van der Waals surface area (Å²) in [5, 5.41) is 12.2. The van der Waals surface area contributed by atoms with E-state index >= 15 is 0 Å². The third-order valence-corrected chi connectivity index (χ3v) is 2.99. The molecule has 0 aliphatic heterocycles. The lowest BCUT2D eigenvalue weighted by molar-refractivity contribution is -0.138. The molecule has 0 aromatic heterocycles. The number of methoxy groups -OCH3 is 1. The van der Waals surface area contributed by atoms with Gasteiger partial charge in [-0.15, -0.1) is 0 Å². The first-order valence-electron chi connectivity index (χ1n) is 5.82. The predicted octanol–water partition coefficient (Wildman–Crippen LogP) is 2.36. The fraction of sp³-hybridized carbons (Fsp3) is 0.462. The van der Waals surface area contributed by atoms with Crippen molar-refractivity contribution in [2.24, 2.45) is 5.92 Å². The molecular weight excluding hydrogens is 218 g/mol. The van der Waals surface area contributed by atoms with Crippen molar-refractivity contribution in [2.45, 2.75) is 25.3 Å². The summed E-state index contributed by atoms with van der Waals surface area (Å²) in [6.45, 7) is 0. The zero-order chi connectivity index (χ0) is 12.3. The topological polar surface area (TPSA) is 58.6 Å². The average molecular weight is 235 g/mol. The van der Waals surface area contributed by atoms with Gasteiger partial charge < -0.3 is 15.2 Å². The van der Waals surface area contributed by atoms with Gasteiger partial charge in [0, 0.05) is 5.69 Å². The van der Waals surface area contributed by atoms with Crippen LogP contribution in [0.2, 0.25) is 0 Å². The number of hydrogen-bond donors (Lipinski definition) is 2. The lowest BCUT2D eigenvalue weighted by atomic mass is 10.1. The number of carbonyl (C=O) groups is 1. The monoisotopic (exact) mass is 235 g/mol. The first-order valence-corrected chi connectivity index (χ1v) is 5.82. The normalized spacial score (nSPS) is 16.3. The molecule has 0 unspecified atom stereocenters. The van der Waals surface area contributed by atoms with Crippen molar-refractivity contribution in [1.29, 1.82) is 0 Å². The summed E-state index contributed by atoms with van der Waals surface area (Å²) in [6.07, 6.45) is 3.03. The minimum Gasteiger partial charge on any atom is -0.497 e. The summed E-state index contributed by atoms with van der Waals surface area (Å²) in [5.41, 5.74) is 0.818. The maximum atomic E-state index is 11.1. The molecule has 4 nitrogen and oxygen atoms in total. The Morgan fingerprint density at radius 1 is 1.47 bits per heavy atom. The average Bonchev–Trinajstić information content (AvgIpc) is 3.13. The minimum atomic E-state index is -0.785. The van der Waals surface area contributed by atoms with E-state index in [2.05, 4.69) is 5.32 Å². The van der Waals surface area contributed by atoms with Crippen LogP contribution >= 0.6 is 0 Å². The number of carboxylic acids is 1. The van der Waals surface area contributed by atoms with Gasteiger partial charge in [0.25, 0.3) is 0 Å². The van der Waals surface area contributed by atoms with Crippen molar-refractivity contribution in [3.05, 3.63) is 24.3 Å². The molecular formula is C13H17NO3. The molecule has 1 saturated carbocycles. The lowest BCUT2D eigenvalue weighted by Crippen LogP contribution is -2.29. The Morgan fingerprint density at radius 3 is 2.59 bits per heavy atom. The Hall–Kier alpha value is -1.71. The SMILES string of the molecule is COc1ccc(N[C@H](CC2CC2)C(=O)O)cc1. The van der Waals surface area contributed by atoms with Gasteiger partial charge in [0.1, 0.15) is 11.8 Å². The fourth-order valence-electron chi connectivity index (χ4n) is 1.80. The number of ether oxygens (including phenoxy) is 1. The Morgan fingerprint density at radius 2 is 2.12 bits per heavy atom. The molecule has 1 atom stereocenters. The van der Waals surface area contributed by atoms with Crippen LogP contribution in [0.25, 0.3) is 0 Å². The van der Waals surface area contributed by atoms with Gasteiger partial charge in [-0.05, 0) is 36.6 Å². The van der Waals surface area contributed by atoms with E-state index in [1.807, 2.05) is 24.3 Å². The molecule has 0 heterocycles. The highest BCUT2D eigenvalue weighted by Gasteiger charge is 2.29. The van der Waals surface area contributed by atoms with Gasteiger partial charge in [-0.25, -0.2) is 4.79 Å². The maximum Gasteiger partial charge on any atom is 0.326 e. The van der Waals surface area contributed by atoms with Crippen LogP contribution in [0.3, 0.4) is 0 Å². The minimum absolute atomic E-state index is 0.490. The van der Waals surface area contributed by atoms with Crippen LogP contribution in [-0.2, 0) is 4.79 Å². The van der Waals surface area contributed by atoms with Crippen LogP contribution in [0.5, 0.6) is 5.75 Å². The molecule has 1 aromatic carbocycles. The van der Waals surface area contributed by atoms with E-state index in [-0.39, 0.29) is 0 Å². The van der Waals surface area contributed by atoms with E-state index in [0.717, 1.165) is 24.3 Å². The van der Waals surface area contributed by atoms with Crippen LogP contribution in [0.1, 0.15) is 19.3 Å². The number of aliphatic carboxylic acids is 1. The second-order valence-electron chi connectivity index (χ2n) is 4.44. The van der Waals surface area contributed by atoms with Crippen LogP contribution in [0.15, 0.2) is 24.3 Å². The summed E-state index contributed by atoms with van der Waals surface area (Å²) in [6, 6.07) is 6.82. The van der Waals surface area contributed by atoms with Crippen molar-refractivity contribution in [3.8, 4) is 5.75 Å². The van der Waals surface area contributed by atoms with Gasteiger partial charge >= 0.3 is 5.97 Å². The molecule has 0 bridgehead atoms. The maximum absolute atomic E-state index is 11.1. The largest absolute Gasteiger partial charge is 0.497 e. The Labute approximate surface area is 101 Å². The van der Waals surface area contributed by atoms with Crippen molar-refractivity contribution in [3.63, 3.8) is 0 Å². The number of hydrogen-bond acceptors (Lipinski definition) is 3. The molecule has 1 aromatic rings.